The lowest BCUT2D eigenvalue weighted by Crippen LogP contribution is -2.50. The third kappa shape index (κ3) is 12.3. The van der Waals surface area contributed by atoms with Crippen molar-refractivity contribution >= 4 is 73.8 Å². The summed E-state index contributed by atoms with van der Waals surface area (Å²) in [5.41, 5.74) is 7.48. The molecule has 4 aromatic heterocycles. The molecule has 0 atom stereocenters. The largest absolute Gasteiger partial charge is 0.488 e. The summed E-state index contributed by atoms with van der Waals surface area (Å²) in [4.78, 5) is 56.5. The zero-order chi connectivity index (χ0) is 53.3. The van der Waals surface area contributed by atoms with E-state index in [-0.39, 0.29) is 72.6 Å². The van der Waals surface area contributed by atoms with Crippen LogP contribution >= 0.6 is 15.9 Å². The maximum Gasteiger partial charge on any atom is 0.488 e. The number of fused-ring (bicyclic) bond motifs is 2. The molecule has 4 aliphatic carbocycles. The second kappa shape index (κ2) is 23.8. The number of benzene rings is 4. The molecular formula is C62H64BBrF2N4O8. The van der Waals surface area contributed by atoms with Crippen molar-refractivity contribution in [2.24, 2.45) is 34.5 Å². The van der Waals surface area contributed by atoms with Crippen LogP contribution in [0, 0.1) is 46.1 Å². The predicted molar refractivity (Wildman–Crippen MR) is 302 cm³/mol. The molecule has 12 rings (SSSR count). The van der Waals surface area contributed by atoms with Crippen molar-refractivity contribution in [1.29, 1.82) is 0 Å². The first kappa shape index (κ1) is 57.1. The molecule has 4 N–H and O–H groups in total. The molecule has 0 radical (unpaired) electrons. The van der Waals surface area contributed by atoms with E-state index in [2.05, 4.69) is 50.2 Å². The fraction of sp³-hybridized carbons (Fsp3) is 0.323. The van der Waals surface area contributed by atoms with Crippen LogP contribution in [0.3, 0.4) is 0 Å². The molecule has 0 aliphatic heterocycles. The van der Waals surface area contributed by atoms with Crippen LogP contribution in [0.1, 0.15) is 111 Å². The number of carboxylic acid groups (broad SMARTS) is 2. The second-order valence-corrected chi connectivity index (χ2v) is 22.4. The third-order valence-corrected chi connectivity index (χ3v) is 16.7. The van der Waals surface area contributed by atoms with Crippen LogP contribution in [-0.2, 0) is 22.7 Å². The van der Waals surface area contributed by atoms with Gasteiger partial charge in [-0.25, -0.2) is 8.78 Å². The highest BCUT2D eigenvalue weighted by molar-refractivity contribution is 9.10. The van der Waals surface area contributed by atoms with Gasteiger partial charge in [0.2, 0.25) is 0 Å². The van der Waals surface area contributed by atoms with Crippen LogP contribution in [0.15, 0.2) is 151 Å². The van der Waals surface area contributed by atoms with Gasteiger partial charge in [-0.05, 0) is 175 Å². The van der Waals surface area contributed by atoms with Gasteiger partial charge in [-0.2, -0.15) is 0 Å². The molecule has 12 nitrogen and oxygen atoms in total. The van der Waals surface area contributed by atoms with Crippen molar-refractivity contribution in [2.75, 3.05) is 0 Å². The molecule has 8 aromatic rings. The molecule has 16 heteroatoms. The van der Waals surface area contributed by atoms with Crippen LogP contribution in [0.5, 0.6) is 0 Å². The number of hydrogen-bond acceptors (Lipinski definition) is 8. The maximum absolute atomic E-state index is 14.6. The highest BCUT2D eigenvalue weighted by Gasteiger charge is 2.56. The van der Waals surface area contributed by atoms with Crippen molar-refractivity contribution in [2.45, 2.75) is 92.2 Å². The monoisotopic (exact) mass is 1120 g/mol. The van der Waals surface area contributed by atoms with Crippen molar-refractivity contribution in [3.63, 3.8) is 0 Å². The van der Waals surface area contributed by atoms with Crippen molar-refractivity contribution in [3.05, 3.63) is 185 Å². The first-order valence-electron chi connectivity index (χ1n) is 25.6. The first-order valence-corrected chi connectivity index (χ1v) is 26.4. The van der Waals surface area contributed by atoms with Gasteiger partial charge in [-0.3, -0.25) is 29.1 Å². The van der Waals surface area contributed by atoms with Crippen molar-refractivity contribution < 1.29 is 48.2 Å². The Labute approximate surface area is 461 Å². The van der Waals surface area contributed by atoms with E-state index in [9.17, 15) is 28.0 Å². The van der Waals surface area contributed by atoms with E-state index in [0.717, 1.165) is 78.1 Å². The molecule has 0 bridgehead atoms. The molecule has 4 heterocycles. The highest BCUT2D eigenvalue weighted by atomic mass is 79.9. The van der Waals surface area contributed by atoms with Gasteiger partial charge in [0.05, 0.1) is 22.9 Å². The molecule has 404 valence electrons. The number of rotatable bonds is 14. The summed E-state index contributed by atoms with van der Waals surface area (Å²) in [5.74, 6) is -1.86. The SMILES string of the molecule is C.C.O=C(CC1CC2(C1)CC(C(=O)O)C2)c1ccc(F)c2ccn(Cc3ccc(-c4ccncc4)cc3)c12.O=C(CC1CC2(C1)CC(C(=O)O)C2)c1ccc(F)c2ccn(Cc3ccc(Br)cc3)c12.OB(O)c1ccncc1. The Balaban J connectivity index is 0.000000175. The summed E-state index contributed by atoms with van der Waals surface area (Å²) in [6.07, 6.45) is 17.7. The minimum Gasteiger partial charge on any atom is -0.481 e. The molecule has 4 aliphatic rings. The number of ketones is 2. The minimum absolute atomic E-state index is 0. The van der Waals surface area contributed by atoms with E-state index >= 15 is 0 Å². The number of pyridine rings is 2. The molecule has 78 heavy (non-hydrogen) atoms. The number of halogens is 3. The predicted octanol–water partition coefficient (Wildman–Crippen LogP) is 12.4. The van der Waals surface area contributed by atoms with Crippen molar-refractivity contribution in [1.82, 2.24) is 19.1 Å². The standard InChI is InChI=1S/C30H27FN2O3.C25H23BrFNO3.C5H6BNO2.2CH4/c31-26-6-5-25(27(34)13-20-14-30(15-20)16-23(17-30)29(35)36)28-24(26)9-12-33(28)18-19-1-3-21(4-2-19)22-7-10-32-11-8-22;26-18-3-1-15(2-4-18)14-28-8-7-19-21(27)6-5-20(23(19)28)22(29)9-16-10-25(11-16)12-17(13-25)24(30)31;8-6(9)5-1-3-7-4-2-5;;/h1-12,20,23H,13-18H2,(H,35,36);1-8,16-17H,9-14H2,(H,30,31);1-4,8-9H;2*1H4. The number of carbonyl (C=O) groups excluding carboxylic acids is 2. The van der Waals surface area contributed by atoms with E-state index in [1.807, 2.05) is 57.9 Å². The van der Waals surface area contributed by atoms with Crippen LogP contribution in [0.2, 0.25) is 0 Å². The molecule has 4 fully saturated rings. The lowest BCUT2D eigenvalue weighted by atomic mass is 9.47. The van der Waals surface area contributed by atoms with E-state index in [1.165, 1.54) is 24.5 Å². The number of Topliss-reactive ketones (excluding diaryl/α,β-unsaturated/α-hetero) is 2. The maximum atomic E-state index is 14.6. The van der Waals surface area contributed by atoms with Crippen molar-refractivity contribution in [3.8, 4) is 11.1 Å². The summed E-state index contributed by atoms with van der Waals surface area (Å²) < 4.78 is 34.0. The minimum atomic E-state index is -1.38. The lowest BCUT2D eigenvalue weighted by Gasteiger charge is -2.56. The molecule has 2 spiro atoms. The van der Waals surface area contributed by atoms with Gasteiger partial charge >= 0.3 is 19.1 Å². The average Bonchev–Trinajstić information content (AvgIpc) is 4.02. The van der Waals surface area contributed by atoms with Crippen LogP contribution in [0.4, 0.5) is 8.78 Å². The Bertz CT molecular complexity index is 3420. The quantitative estimate of drug-likeness (QED) is 0.0603. The lowest BCUT2D eigenvalue weighted by molar-refractivity contribution is -0.158. The summed E-state index contributed by atoms with van der Waals surface area (Å²) in [6, 6.07) is 32.7. The topological polar surface area (TPSA) is 185 Å². The van der Waals surface area contributed by atoms with Gasteiger partial charge in [-0.15, -0.1) is 0 Å². The van der Waals surface area contributed by atoms with Gasteiger partial charge in [0.1, 0.15) is 11.6 Å². The third-order valence-electron chi connectivity index (χ3n) is 16.2. The van der Waals surface area contributed by atoms with Crippen LogP contribution < -0.4 is 5.46 Å². The molecule has 4 aromatic carbocycles. The number of aromatic nitrogens is 4. The Morgan fingerprint density at radius 1 is 0.538 bits per heavy atom. The summed E-state index contributed by atoms with van der Waals surface area (Å²) >= 11 is 3.44. The molecule has 4 saturated carbocycles. The smallest absolute Gasteiger partial charge is 0.481 e. The Kier molecular flexibility index (Phi) is 17.4. The Hall–Kier alpha value is -7.14. The number of carbonyl (C=O) groups is 4. The molecular weight excluding hydrogens is 1060 g/mol. The molecule has 0 amide bonds. The highest BCUT2D eigenvalue weighted by Crippen LogP contribution is 2.63. The number of aliphatic carboxylic acids is 2. The summed E-state index contributed by atoms with van der Waals surface area (Å²) in [5, 5.41) is 36.3. The first-order chi connectivity index (χ1) is 36.5. The van der Waals surface area contributed by atoms with Gasteiger partial charge in [0.25, 0.3) is 0 Å². The Morgan fingerprint density at radius 3 is 1.31 bits per heavy atom. The van der Waals surface area contributed by atoms with Crippen LogP contribution in [0.25, 0.3) is 32.9 Å². The fourth-order valence-electron chi connectivity index (χ4n) is 12.5. The van der Waals surface area contributed by atoms with Gasteiger partial charge < -0.3 is 29.4 Å². The van der Waals surface area contributed by atoms with Gasteiger partial charge in [0.15, 0.2) is 11.6 Å². The summed E-state index contributed by atoms with van der Waals surface area (Å²) in [7, 11) is -1.38. The zero-order valence-electron chi connectivity index (χ0n) is 41.6. The van der Waals surface area contributed by atoms with Crippen LogP contribution in [-0.4, -0.2) is 70.0 Å². The van der Waals surface area contributed by atoms with E-state index in [1.54, 1.807) is 48.8 Å². The second-order valence-electron chi connectivity index (χ2n) is 21.5. The Morgan fingerprint density at radius 2 is 0.923 bits per heavy atom. The van der Waals surface area contributed by atoms with E-state index < -0.39 is 19.1 Å². The van der Waals surface area contributed by atoms with E-state index in [4.69, 9.17) is 20.3 Å². The number of nitrogens with zero attached hydrogens (tertiary/aromatic N) is 4. The zero-order valence-corrected chi connectivity index (χ0v) is 43.2. The normalized spacial score (nSPS) is 21.4. The molecule has 0 saturated heterocycles. The number of carboxylic acids is 2. The van der Waals surface area contributed by atoms with E-state index in [0.29, 0.717) is 64.3 Å². The number of hydrogen-bond donors (Lipinski definition) is 4. The van der Waals surface area contributed by atoms with Gasteiger partial charge in [-0.1, -0.05) is 67.2 Å². The van der Waals surface area contributed by atoms with Gasteiger partial charge in [0, 0.05) is 89.5 Å². The average molecular weight is 1120 g/mol. The molecule has 0 unspecified atom stereocenters. The summed E-state index contributed by atoms with van der Waals surface area (Å²) in [6.45, 7) is 1.09. The fourth-order valence-corrected chi connectivity index (χ4v) is 12.8.